The third-order valence-electron chi connectivity index (χ3n) is 4.20. The fourth-order valence-corrected chi connectivity index (χ4v) is 3.39. The molecule has 1 fully saturated rings. The minimum atomic E-state index is 0.646. The summed E-state index contributed by atoms with van der Waals surface area (Å²) in [7, 11) is 0. The summed E-state index contributed by atoms with van der Waals surface area (Å²) >= 11 is 0. The predicted octanol–water partition coefficient (Wildman–Crippen LogP) is 3.30. The molecule has 1 heteroatoms. The Balaban J connectivity index is 2.06. The molecule has 1 aliphatic carbocycles. The molecule has 1 heterocycles. The van der Waals surface area contributed by atoms with Gasteiger partial charge in [0.1, 0.15) is 0 Å². The van der Waals surface area contributed by atoms with E-state index in [1.54, 1.807) is 16.7 Å². The van der Waals surface area contributed by atoms with Crippen molar-refractivity contribution in [3.8, 4) is 0 Å². The van der Waals surface area contributed by atoms with Crippen LogP contribution in [-0.4, -0.2) is 6.54 Å². The third kappa shape index (κ3) is 1.67. The molecular weight excluding hydrogens is 194 g/mol. The summed E-state index contributed by atoms with van der Waals surface area (Å²) < 4.78 is 0. The van der Waals surface area contributed by atoms with Crippen molar-refractivity contribution in [3.05, 3.63) is 34.4 Å². The van der Waals surface area contributed by atoms with E-state index in [0.717, 1.165) is 0 Å². The lowest BCUT2D eigenvalue weighted by atomic mass is 9.83. The highest BCUT2D eigenvalue weighted by Crippen LogP contribution is 2.34. The highest BCUT2D eigenvalue weighted by atomic mass is 14.9. The first-order chi connectivity index (χ1) is 7.86. The minimum Gasteiger partial charge on any atom is -0.310 e. The Hall–Kier alpha value is -0.820. The maximum absolute atomic E-state index is 3.66. The molecule has 0 saturated carbocycles. The molecule has 16 heavy (non-hydrogen) atoms. The Morgan fingerprint density at radius 1 is 1.12 bits per heavy atom. The summed E-state index contributed by atoms with van der Waals surface area (Å²) in [6.45, 7) is 3.48. The molecular formula is C15H21N. The summed E-state index contributed by atoms with van der Waals surface area (Å²) in [5.74, 6) is 0. The average Bonchev–Trinajstić information content (AvgIpc) is 2.82. The molecule has 2 aliphatic rings. The van der Waals surface area contributed by atoms with Gasteiger partial charge in [-0.25, -0.2) is 0 Å². The van der Waals surface area contributed by atoms with Crippen molar-refractivity contribution in [1.82, 2.24) is 5.32 Å². The van der Waals surface area contributed by atoms with Gasteiger partial charge in [0.05, 0.1) is 0 Å². The normalized spacial score (nSPS) is 24.4. The Bertz CT molecular complexity index is 389. The molecule has 1 atom stereocenters. The Kier molecular flexibility index (Phi) is 2.72. The van der Waals surface area contributed by atoms with Crippen molar-refractivity contribution in [3.63, 3.8) is 0 Å². The Labute approximate surface area is 98.3 Å². The molecule has 0 amide bonds. The van der Waals surface area contributed by atoms with Crippen LogP contribution < -0.4 is 5.32 Å². The lowest BCUT2D eigenvalue weighted by molar-refractivity contribution is 0.612. The minimum absolute atomic E-state index is 0.646. The zero-order chi connectivity index (χ0) is 11.0. The number of fused-ring (bicyclic) bond motifs is 1. The quantitative estimate of drug-likeness (QED) is 0.758. The zero-order valence-corrected chi connectivity index (χ0v) is 10.2. The fraction of sp³-hybridized carbons (Fsp3) is 0.600. The average molecular weight is 215 g/mol. The van der Waals surface area contributed by atoms with E-state index in [-0.39, 0.29) is 0 Å². The van der Waals surface area contributed by atoms with Crippen LogP contribution in [0.1, 0.15) is 54.0 Å². The molecule has 1 aliphatic heterocycles. The van der Waals surface area contributed by atoms with Gasteiger partial charge in [0.2, 0.25) is 0 Å². The molecule has 1 saturated heterocycles. The maximum atomic E-state index is 3.66. The molecule has 1 N–H and O–H groups in total. The van der Waals surface area contributed by atoms with Crippen LogP contribution in [0.5, 0.6) is 0 Å². The van der Waals surface area contributed by atoms with Crippen molar-refractivity contribution in [2.75, 3.05) is 6.54 Å². The summed E-state index contributed by atoms with van der Waals surface area (Å²) in [5, 5.41) is 3.66. The molecule has 1 nitrogen and oxygen atoms in total. The second-order valence-electron chi connectivity index (χ2n) is 5.29. The standard InChI is InChI=1S/C15H21N/c1-11-8-9-12-5-2-3-6-13(12)15(11)14-7-4-10-16-14/h8-9,14,16H,2-7,10H2,1H3/t14-/m1/s1. The number of nitrogens with one attached hydrogen (secondary N) is 1. The van der Waals surface area contributed by atoms with E-state index >= 15 is 0 Å². The number of rotatable bonds is 1. The third-order valence-corrected chi connectivity index (χ3v) is 4.20. The molecule has 0 unspecified atom stereocenters. The van der Waals surface area contributed by atoms with Crippen LogP contribution in [0.25, 0.3) is 0 Å². The highest BCUT2D eigenvalue weighted by Gasteiger charge is 2.23. The molecule has 0 bridgehead atoms. The first-order valence-corrected chi connectivity index (χ1v) is 6.71. The van der Waals surface area contributed by atoms with E-state index < -0.39 is 0 Å². The van der Waals surface area contributed by atoms with E-state index in [0.29, 0.717) is 6.04 Å². The van der Waals surface area contributed by atoms with Gasteiger partial charge < -0.3 is 5.32 Å². The van der Waals surface area contributed by atoms with Crippen molar-refractivity contribution in [1.29, 1.82) is 0 Å². The second kappa shape index (κ2) is 4.21. The molecule has 86 valence electrons. The van der Waals surface area contributed by atoms with Gasteiger partial charge in [-0.1, -0.05) is 12.1 Å². The van der Waals surface area contributed by atoms with Crippen LogP contribution in [0.2, 0.25) is 0 Å². The number of hydrogen-bond donors (Lipinski definition) is 1. The van der Waals surface area contributed by atoms with Crippen LogP contribution in [0.15, 0.2) is 12.1 Å². The smallest absolute Gasteiger partial charge is 0.0326 e. The monoisotopic (exact) mass is 215 g/mol. The first kappa shape index (κ1) is 10.3. The SMILES string of the molecule is Cc1ccc2c(c1[C@H]1CCCN1)CCCC2. The van der Waals surface area contributed by atoms with Gasteiger partial charge in [0.25, 0.3) is 0 Å². The van der Waals surface area contributed by atoms with Crippen molar-refractivity contribution in [2.24, 2.45) is 0 Å². The van der Waals surface area contributed by atoms with E-state index in [1.165, 1.54) is 50.6 Å². The summed E-state index contributed by atoms with van der Waals surface area (Å²) in [6, 6.07) is 5.34. The number of benzene rings is 1. The maximum Gasteiger partial charge on any atom is 0.0326 e. The van der Waals surface area contributed by atoms with E-state index in [2.05, 4.69) is 24.4 Å². The Morgan fingerprint density at radius 2 is 2.00 bits per heavy atom. The van der Waals surface area contributed by atoms with Gasteiger partial charge in [0.15, 0.2) is 0 Å². The molecule has 3 rings (SSSR count). The summed E-state index contributed by atoms with van der Waals surface area (Å²) in [5.41, 5.74) is 6.46. The summed E-state index contributed by atoms with van der Waals surface area (Å²) in [4.78, 5) is 0. The lowest BCUT2D eigenvalue weighted by Gasteiger charge is -2.25. The lowest BCUT2D eigenvalue weighted by Crippen LogP contribution is -2.18. The first-order valence-electron chi connectivity index (χ1n) is 6.71. The van der Waals surface area contributed by atoms with Crippen LogP contribution in [0.3, 0.4) is 0 Å². The number of aryl methyl sites for hydroxylation is 2. The van der Waals surface area contributed by atoms with E-state index in [9.17, 15) is 0 Å². The van der Waals surface area contributed by atoms with E-state index in [4.69, 9.17) is 0 Å². The van der Waals surface area contributed by atoms with Crippen molar-refractivity contribution < 1.29 is 0 Å². The molecule has 0 radical (unpaired) electrons. The fourth-order valence-electron chi connectivity index (χ4n) is 3.39. The van der Waals surface area contributed by atoms with Crippen LogP contribution in [0, 0.1) is 6.92 Å². The van der Waals surface area contributed by atoms with Crippen LogP contribution in [-0.2, 0) is 12.8 Å². The van der Waals surface area contributed by atoms with Gasteiger partial charge in [-0.2, -0.15) is 0 Å². The molecule has 1 aromatic carbocycles. The number of hydrogen-bond acceptors (Lipinski definition) is 1. The van der Waals surface area contributed by atoms with Gasteiger partial charge in [-0.3, -0.25) is 0 Å². The van der Waals surface area contributed by atoms with E-state index in [1.807, 2.05) is 0 Å². The van der Waals surface area contributed by atoms with Crippen LogP contribution >= 0.6 is 0 Å². The van der Waals surface area contributed by atoms with Crippen molar-refractivity contribution in [2.45, 2.75) is 51.5 Å². The summed E-state index contributed by atoms with van der Waals surface area (Å²) in [6.07, 6.45) is 8.05. The molecule has 0 aromatic heterocycles. The molecule has 1 aromatic rings. The predicted molar refractivity (Wildman–Crippen MR) is 67.8 cm³/mol. The largest absolute Gasteiger partial charge is 0.310 e. The van der Waals surface area contributed by atoms with Gasteiger partial charge in [0, 0.05) is 6.04 Å². The highest BCUT2D eigenvalue weighted by molar-refractivity contribution is 5.44. The Morgan fingerprint density at radius 3 is 2.81 bits per heavy atom. The van der Waals surface area contributed by atoms with Gasteiger partial charge in [-0.15, -0.1) is 0 Å². The topological polar surface area (TPSA) is 12.0 Å². The van der Waals surface area contributed by atoms with Gasteiger partial charge >= 0.3 is 0 Å². The molecule has 0 spiro atoms. The van der Waals surface area contributed by atoms with Crippen LogP contribution in [0.4, 0.5) is 0 Å². The zero-order valence-electron chi connectivity index (χ0n) is 10.2. The van der Waals surface area contributed by atoms with Crippen molar-refractivity contribution >= 4 is 0 Å². The second-order valence-corrected chi connectivity index (χ2v) is 5.29. The van der Waals surface area contributed by atoms with Gasteiger partial charge in [-0.05, 0) is 74.2 Å².